The first kappa shape index (κ1) is 27.2. The fourth-order valence-corrected chi connectivity index (χ4v) is 4.89. The highest BCUT2D eigenvalue weighted by Gasteiger charge is 2.40. The maximum atomic E-state index is 14.2. The van der Waals surface area contributed by atoms with Crippen LogP contribution in [0.3, 0.4) is 0 Å². The van der Waals surface area contributed by atoms with Crippen LogP contribution in [0.25, 0.3) is 6.08 Å². The summed E-state index contributed by atoms with van der Waals surface area (Å²) in [4.78, 5) is 23.6. The first-order chi connectivity index (χ1) is 18.3. The fourth-order valence-electron chi connectivity index (χ4n) is 4.39. The molecular formula is C31H27F2O4P. The molecule has 7 heteroatoms. The molecule has 2 atom stereocenters. The van der Waals surface area contributed by atoms with E-state index in [0.717, 1.165) is 16.7 Å². The molecule has 0 fully saturated rings. The third kappa shape index (κ3) is 6.52. The number of ketones is 1. The van der Waals surface area contributed by atoms with Crippen LogP contribution in [0.1, 0.15) is 33.5 Å². The summed E-state index contributed by atoms with van der Waals surface area (Å²) < 4.78 is 41.8. The zero-order chi connectivity index (χ0) is 27.0. The highest BCUT2D eigenvalue weighted by atomic mass is 31.2. The van der Waals surface area contributed by atoms with Gasteiger partial charge < -0.3 is 9.42 Å². The minimum absolute atomic E-state index is 0.0557. The minimum Gasteiger partial charge on any atom is -0.421 e. The van der Waals surface area contributed by atoms with E-state index >= 15 is 0 Å². The van der Waals surface area contributed by atoms with E-state index in [1.54, 1.807) is 24.3 Å². The molecule has 0 bridgehead atoms. The Morgan fingerprint density at radius 1 is 0.842 bits per heavy atom. The number of alkyl halides is 2. The van der Waals surface area contributed by atoms with Gasteiger partial charge in [0.05, 0.1) is 5.41 Å². The molecule has 1 N–H and O–H groups in total. The highest BCUT2D eigenvalue weighted by molar-refractivity contribution is 7.53. The molecule has 4 rings (SSSR count). The number of allylic oxidation sites excluding steroid dienone is 1. The summed E-state index contributed by atoms with van der Waals surface area (Å²) in [6, 6.07) is 34.4. The van der Waals surface area contributed by atoms with Crippen molar-refractivity contribution in [3.63, 3.8) is 0 Å². The van der Waals surface area contributed by atoms with Crippen LogP contribution in [0, 0.1) is 0 Å². The number of rotatable bonds is 11. The summed E-state index contributed by atoms with van der Waals surface area (Å²) in [5, 5.41) is 0. The van der Waals surface area contributed by atoms with E-state index in [-0.39, 0.29) is 11.5 Å². The molecule has 0 aliphatic heterocycles. The summed E-state index contributed by atoms with van der Waals surface area (Å²) in [6.07, 6.45) is 1.17. The Labute approximate surface area is 220 Å². The zero-order valence-corrected chi connectivity index (χ0v) is 21.4. The smallest absolute Gasteiger partial charge is 0.421 e. The molecule has 194 valence electrons. The number of halogens is 2. The third-order valence-corrected chi connectivity index (χ3v) is 7.25. The van der Waals surface area contributed by atoms with Gasteiger partial charge in [-0.3, -0.25) is 4.79 Å². The van der Waals surface area contributed by atoms with Crippen LogP contribution >= 0.6 is 7.60 Å². The van der Waals surface area contributed by atoms with Crippen molar-refractivity contribution in [3.8, 4) is 5.75 Å². The second kappa shape index (κ2) is 12.1. The van der Waals surface area contributed by atoms with Crippen molar-refractivity contribution in [2.24, 2.45) is 0 Å². The van der Waals surface area contributed by atoms with Gasteiger partial charge in [0, 0.05) is 5.56 Å². The van der Waals surface area contributed by atoms with Crippen LogP contribution in [-0.2, 0) is 16.4 Å². The quantitative estimate of drug-likeness (QED) is 0.157. The van der Waals surface area contributed by atoms with Gasteiger partial charge in [0.2, 0.25) is 0 Å². The summed E-state index contributed by atoms with van der Waals surface area (Å²) in [5.74, 6) is -0.205. The van der Waals surface area contributed by atoms with Crippen LogP contribution in [0.2, 0.25) is 0 Å². The number of hydrogen-bond acceptors (Lipinski definition) is 3. The molecule has 0 saturated carbocycles. The van der Waals surface area contributed by atoms with Gasteiger partial charge in [0.25, 0.3) is 0 Å². The standard InChI is InChI=1S/C31H27F2O4P/c32-30(33)38(35,36)37-28-20-18-25(19-21-28)23-31(27-16-8-3-9-17-27,29(34)26-14-6-2-7-15-26)22-10-13-24-11-4-1-5-12-24/h1-21,30H,22-23H2,(H,35,36)/b13-10+. The number of benzene rings is 4. The molecule has 0 amide bonds. The molecule has 0 radical (unpaired) electrons. The van der Waals surface area contributed by atoms with E-state index in [9.17, 15) is 23.0 Å². The van der Waals surface area contributed by atoms with Gasteiger partial charge in [0.15, 0.2) is 5.78 Å². The SMILES string of the molecule is O=C(c1ccccc1)C(C/C=C/c1ccccc1)(Cc1ccc(OP(=O)(O)C(F)F)cc1)c1ccccc1. The predicted molar refractivity (Wildman–Crippen MR) is 146 cm³/mol. The largest absolute Gasteiger partial charge is 0.442 e. The Hall–Kier alpha value is -3.86. The third-order valence-electron chi connectivity index (χ3n) is 6.29. The molecule has 4 nitrogen and oxygen atoms in total. The normalized spacial score (nSPS) is 14.6. The first-order valence-electron chi connectivity index (χ1n) is 12.1. The topological polar surface area (TPSA) is 63.6 Å². The monoisotopic (exact) mass is 532 g/mol. The molecular weight excluding hydrogens is 505 g/mol. The Morgan fingerprint density at radius 3 is 1.97 bits per heavy atom. The van der Waals surface area contributed by atoms with E-state index in [4.69, 9.17) is 0 Å². The Morgan fingerprint density at radius 2 is 1.39 bits per heavy atom. The molecule has 4 aromatic carbocycles. The van der Waals surface area contributed by atoms with Crippen LogP contribution in [0.5, 0.6) is 5.75 Å². The van der Waals surface area contributed by atoms with E-state index in [1.807, 2.05) is 91.0 Å². The molecule has 2 unspecified atom stereocenters. The van der Waals surface area contributed by atoms with Gasteiger partial charge in [0.1, 0.15) is 5.75 Å². The van der Waals surface area contributed by atoms with Crippen molar-refractivity contribution in [1.82, 2.24) is 0 Å². The number of carbonyl (C=O) groups is 1. The molecule has 0 aliphatic rings. The number of Topliss-reactive ketones (excluding diaryl/α,β-unsaturated/α-hetero) is 1. The average molecular weight is 533 g/mol. The van der Waals surface area contributed by atoms with Crippen molar-refractivity contribution in [1.29, 1.82) is 0 Å². The van der Waals surface area contributed by atoms with E-state index in [1.165, 1.54) is 12.1 Å². The van der Waals surface area contributed by atoms with Crippen molar-refractivity contribution >= 4 is 19.5 Å². The van der Waals surface area contributed by atoms with E-state index in [2.05, 4.69) is 4.52 Å². The number of hydrogen-bond donors (Lipinski definition) is 1. The van der Waals surface area contributed by atoms with Crippen LogP contribution in [0.15, 0.2) is 121 Å². The maximum absolute atomic E-state index is 14.2. The van der Waals surface area contributed by atoms with E-state index in [0.29, 0.717) is 18.4 Å². The van der Waals surface area contributed by atoms with Gasteiger partial charge in [-0.2, -0.15) is 8.78 Å². The molecule has 0 aromatic heterocycles. The van der Waals surface area contributed by atoms with Crippen LogP contribution in [0.4, 0.5) is 8.78 Å². The van der Waals surface area contributed by atoms with Gasteiger partial charge in [-0.25, -0.2) is 4.57 Å². The lowest BCUT2D eigenvalue weighted by Crippen LogP contribution is -2.38. The zero-order valence-electron chi connectivity index (χ0n) is 20.5. The molecule has 0 aliphatic carbocycles. The Bertz CT molecular complexity index is 1410. The fraction of sp³-hybridized carbons (Fsp3) is 0.129. The lowest BCUT2D eigenvalue weighted by Gasteiger charge is -2.33. The van der Waals surface area contributed by atoms with Crippen molar-refractivity contribution in [3.05, 3.63) is 144 Å². The molecule has 4 aromatic rings. The first-order valence-corrected chi connectivity index (χ1v) is 13.7. The van der Waals surface area contributed by atoms with Crippen molar-refractivity contribution < 1.29 is 27.6 Å². The second-order valence-corrected chi connectivity index (χ2v) is 10.6. The van der Waals surface area contributed by atoms with Gasteiger partial charge in [-0.15, -0.1) is 0 Å². The maximum Gasteiger partial charge on any atom is 0.442 e. The van der Waals surface area contributed by atoms with Gasteiger partial charge >= 0.3 is 13.8 Å². The molecule has 0 heterocycles. The van der Waals surface area contributed by atoms with Gasteiger partial charge in [-0.05, 0) is 41.7 Å². The predicted octanol–water partition coefficient (Wildman–Crippen LogP) is 7.94. The van der Waals surface area contributed by atoms with E-state index < -0.39 is 19.2 Å². The molecule has 38 heavy (non-hydrogen) atoms. The summed E-state index contributed by atoms with van der Waals surface area (Å²) in [5.41, 5.74) is 2.18. The summed E-state index contributed by atoms with van der Waals surface area (Å²) in [6.45, 7) is 0. The lowest BCUT2D eigenvalue weighted by atomic mass is 9.68. The minimum atomic E-state index is -5.09. The summed E-state index contributed by atoms with van der Waals surface area (Å²) >= 11 is 0. The van der Waals surface area contributed by atoms with Gasteiger partial charge in [-0.1, -0.05) is 115 Å². The van der Waals surface area contributed by atoms with Crippen molar-refractivity contribution in [2.45, 2.75) is 24.4 Å². The molecule has 0 saturated heterocycles. The molecule has 0 spiro atoms. The second-order valence-electron chi connectivity index (χ2n) is 8.91. The Kier molecular flexibility index (Phi) is 8.67. The average Bonchev–Trinajstić information content (AvgIpc) is 2.94. The highest BCUT2D eigenvalue weighted by Crippen LogP contribution is 2.49. The van der Waals surface area contributed by atoms with Crippen molar-refractivity contribution in [2.75, 3.05) is 0 Å². The number of carbonyl (C=O) groups excluding carboxylic acids is 1. The Balaban J connectivity index is 1.75. The van der Waals surface area contributed by atoms with Crippen LogP contribution < -0.4 is 4.52 Å². The lowest BCUT2D eigenvalue weighted by molar-refractivity contribution is 0.0882. The van der Waals surface area contributed by atoms with Crippen LogP contribution in [-0.4, -0.2) is 16.8 Å². The summed E-state index contributed by atoms with van der Waals surface area (Å²) in [7, 11) is -5.09.